The summed E-state index contributed by atoms with van der Waals surface area (Å²) in [5.74, 6) is -2.10. The molecule has 2 aromatic heterocycles. The standard InChI is InChI=1S/C21H19FN2O4S2/c1-3-28-21(27)17-12(2)18(19(26)23-15-9-5-4-8-14(15)22)30-20(17)24-16(25)11-13-7-6-10-29-13/h4-10H,3,11H2,1-2H3,(H,23,26)(H,24,25). The molecule has 3 aromatic rings. The van der Waals surface area contributed by atoms with E-state index in [4.69, 9.17) is 4.74 Å². The molecule has 0 aliphatic rings. The average molecular weight is 447 g/mol. The highest BCUT2D eigenvalue weighted by molar-refractivity contribution is 7.19. The summed E-state index contributed by atoms with van der Waals surface area (Å²) in [6.45, 7) is 3.40. The SMILES string of the molecule is CCOC(=O)c1c(NC(=O)Cc2cccs2)sc(C(=O)Nc2ccccc2F)c1C. The van der Waals surface area contributed by atoms with Crippen LogP contribution in [0.2, 0.25) is 0 Å². The first kappa shape index (κ1) is 21.7. The number of anilines is 2. The Morgan fingerprint density at radius 1 is 1.10 bits per heavy atom. The van der Waals surface area contributed by atoms with Crippen molar-refractivity contribution >= 4 is 51.1 Å². The maximum absolute atomic E-state index is 13.9. The minimum Gasteiger partial charge on any atom is -0.462 e. The van der Waals surface area contributed by atoms with Crippen LogP contribution in [-0.2, 0) is 16.0 Å². The molecule has 0 radical (unpaired) electrons. The van der Waals surface area contributed by atoms with Crippen LogP contribution in [0.25, 0.3) is 0 Å². The molecule has 30 heavy (non-hydrogen) atoms. The van der Waals surface area contributed by atoms with Crippen molar-refractivity contribution in [3.63, 3.8) is 0 Å². The van der Waals surface area contributed by atoms with E-state index in [9.17, 15) is 18.8 Å². The fraction of sp³-hybridized carbons (Fsp3) is 0.190. The van der Waals surface area contributed by atoms with Crippen LogP contribution in [-0.4, -0.2) is 24.4 Å². The zero-order valence-corrected chi connectivity index (χ0v) is 17.9. The Kier molecular flexibility index (Phi) is 6.96. The lowest BCUT2D eigenvalue weighted by molar-refractivity contribution is -0.115. The molecule has 0 atom stereocenters. The number of halogens is 1. The summed E-state index contributed by atoms with van der Waals surface area (Å²) in [5, 5.41) is 7.31. The molecule has 156 valence electrons. The second-order valence-electron chi connectivity index (χ2n) is 6.22. The zero-order valence-electron chi connectivity index (χ0n) is 16.3. The van der Waals surface area contributed by atoms with E-state index in [1.807, 2.05) is 17.5 Å². The molecule has 2 heterocycles. The molecule has 0 bridgehead atoms. The van der Waals surface area contributed by atoms with Crippen LogP contribution in [0.1, 0.15) is 37.4 Å². The van der Waals surface area contributed by atoms with E-state index in [0.717, 1.165) is 16.2 Å². The lowest BCUT2D eigenvalue weighted by Crippen LogP contribution is -2.16. The summed E-state index contributed by atoms with van der Waals surface area (Å²) < 4.78 is 19.0. The van der Waals surface area contributed by atoms with Gasteiger partial charge in [0, 0.05) is 4.88 Å². The fourth-order valence-electron chi connectivity index (χ4n) is 2.75. The first-order valence-corrected chi connectivity index (χ1v) is 10.8. The highest BCUT2D eigenvalue weighted by Gasteiger charge is 2.27. The Bertz CT molecular complexity index is 1080. The molecule has 0 saturated carbocycles. The molecule has 3 rings (SSSR count). The molecule has 0 fully saturated rings. The normalized spacial score (nSPS) is 10.5. The Balaban J connectivity index is 1.89. The molecule has 9 heteroatoms. The lowest BCUT2D eigenvalue weighted by atomic mass is 10.1. The monoisotopic (exact) mass is 446 g/mol. The van der Waals surface area contributed by atoms with E-state index in [1.54, 1.807) is 19.9 Å². The van der Waals surface area contributed by atoms with E-state index in [2.05, 4.69) is 10.6 Å². The van der Waals surface area contributed by atoms with Crippen LogP contribution in [0.5, 0.6) is 0 Å². The van der Waals surface area contributed by atoms with Crippen molar-refractivity contribution in [2.75, 3.05) is 17.2 Å². The van der Waals surface area contributed by atoms with Gasteiger partial charge < -0.3 is 15.4 Å². The predicted octanol–water partition coefficient (Wildman–Crippen LogP) is 4.87. The van der Waals surface area contributed by atoms with Gasteiger partial charge in [-0.25, -0.2) is 9.18 Å². The molecular weight excluding hydrogens is 427 g/mol. The molecule has 0 spiro atoms. The van der Waals surface area contributed by atoms with E-state index in [0.29, 0.717) is 5.56 Å². The number of para-hydroxylation sites is 1. The van der Waals surface area contributed by atoms with Gasteiger partial charge in [-0.05, 0) is 43.0 Å². The maximum Gasteiger partial charge on any atom is 0.341 e. The number of nitrogens with one attached hydrogen (secondary N) is 2. The third kappa shape index (κ3) is 4.92. The topological polar surface area (TPSA) is 84.5 Å². The summed E-state index contributed by atoms with van der Waals surface area (Å²) >= 11 is 2.40. The van der Waals surface area contributed by atoms with Gasteiger partial charge in [0.15, 0.2) is 0 Å². The van der Waals surface area contributed by atoms with Crippen LogP contribution in [0.3, 0.4) is 0 Å². The Labute approximate surface area is 180 Å². The minimum absolute atomic E-state index is 0.0243. The first-order chi connectivity index (χ1) is 14.4. The molecular formula is C21H19FN2O4S2. The van der Waals surface area contributed by atoms with Gasteiger partial charge in [-0.3, -0.25) is 9.59 Å². The van der Waals surface area contributed by atoms with Crippen LogP contribution in [0, 0.1) is 12.7 Å². The third-order valence-corrected chi connectivity index (χ3v) is 6.20. The first-order valence-electron chi connectivity index (χ1n) is 9.09. The Morgan fingerprint density at radius 3 is 2.53 bits per heavy atom. The molecule has 0 aliphatic carbocycles. The van der Waals surface area contributed by atoms with Gasteiger partial charge in [0.05, 0.1) is 29.2 Å². The number of ether oxygens (including phenoxy) is 1. The molecule has 1 aromatic carbocycles. The zero-order chi connectivity index (χ0) is 21.7. The van der Waals surface area contributed by atoms with Crippen molar-refractivity contribution in [1.29, 1.82) is 0 Å². The highest BCUT2D eigenvalue weighted by atomic mass is 32.1. The number of benzene rings is 1. The Hall–Kier alpha value is -3.04. The summed E-state index contributed by atoms with van der Waals surface area (Å²) in [6.07, 6.45) is 0.146. The van der Waals surface area contributed by atoms with Crippen molar-refractivity contribution in [2.24, 2.45) is 0 Å². The number of esters is 1. The van der Waals surface area contributed by atoms with E-state index in [1.165, 1.54) is 29.5 Å². The number of rotatable bonds is 7. The van der Waals surface area contributed by atoms with Gasteiger partial charge in [-0.2, -0.15) is 0 Å². The van der Waals surface area contributed by atoms with Gasteiger partial charge in [-0.1, -0.05) is 18.2 Å². The molecule has 2 amide bonds. The summed E-state index contributed by atoms with van der Waals surface area (Å²) in [4.78, 5) is 38.7. The van der Waals surface area contributed by atoms with Crippen LogP contribution < -0.4 is 10.6 Å². The maximum atomic E-state index is 13.9. The van der Waals surface area contributed by atoms with Crippen molar-refractivity contribution in [3.05, 3.63) is 68.5 Å². The molecule has 0 unspecified atom stereocenters. The number of hydrogen-bond acceptors (Lipinski definition) is 6. The summed E-state index contributed by atoms with van der Waals surface area (Å²) in [5.41, 5.74) is 0.509. The van der Waals surface area contributed by atoms with Gasteiger partial charge in [0.2, 0.25) is 5.91 Å². The Morgan fingerprint density at radius 2 is 1.87 bits per heavy atom. The third-order valence-electron chi connectivity index (χ3n) is 4.12. The lowest BCUT2D eigenvalue weighted by Gasteiger charge is -2.07. The average Bonchev–Trinajstić information content (AvgIpc) is 3.31. The van der Waals surface area contributed by atoms with Crippen LogP contribution in [0.4, 0.5) is 15.1 Å². The number of carbonyl (C=O) groups excluding carboxylic acids is 3. The second-order valence-corrected chi connectivity index (χ2v) is 8.27. The van der Waals surface area contributed by atoms with E-state index in [-0.39, 0.29) is 40.1 Å². The largest absolute Gasteiger partial charge is 0.462 e. The number of hydrogen-bond donors (Lipinski definition) is 2. The quantitative estimate of drug-likeness (QED) is 0.507. The predicted molar refractivity (Wildman–Crippen MR) is 116 cm³/mol. The second kappa shape index (κ2) is 9.64. The van der Waals surface area contributed by atoms with Crippen molar-refractivity contribution in [1.82, 2.24) is 0 Å². The smallest absolute Gasteiger partial charge is 0.341 e. The minimum atomic E-state index is -0.636. The number of carbonyl (C=O) groups is 3. The van der Waals surface area contributed by atoms with E-state index < -0.39 is 17.7 Å². The van der Waals surface area contributed by atoms with Gasteiger partial charge in [0.25, 0.3) is 5.91 Å². The molecule has 0 saturated heterocycles. The van der Waals surface area contributed by atoms with E-state index >= 15 is 0 Å². The van der Waals surface area contributed by atoms with Gasteiger partial charge >= 0.3 is 5.97 Å². The van der Waals surface area contributed by atoms with Crippen molar-refractivity contribution in [2.45, 2.75) is 20.3 Å². The highest BCUT2D eigenvalue weighted by Crippen LogP contribution is 2.34. The molecule has 2 N–H and O–H groups in total. The summed E-state index contributed by atoms with van der Waals surface area (Å²) in [6, 6.07) is 9.46. The number of amides is 2. The van der Waals surface area contributed by atoms with Crippen LogP contribution in [0.15, 0.2) is 41.8 Å². The number of thiophene rings is 2. The van der Waals surface area contributed by atoms with Gasteiger partial charge in [-0.15, -0.1) is 22.7 Å². The summed E-state index contributed by atoms with van der Waals surface area (Å²) in [7, 11) is 0. The van der Waals surface area contributed by atoms with Crippen molar-refractivity contribution in [3.8, 4) is 0 Å². The fourth-order valence-corrected chi connectivity index (χ4v) is 4.56. The molecule has 6 nitrogen and oxygen atoms in total. The van der Waals surface area contributed by atoms with Crippen molar-refractivity contribution < 1.29 is 23.5 Å². The van der Waals surface area contributed by atoms with Crippen LogP contribution >= 0.6 is 22.7 Å². The molecule has 0 aliphatic heterocycles. The van der Waals surface area contributed by atoms with Gasteiger partial charge in [0.1, 0.15) is 10.8 Å².